The number of nitrogens with one attached hydrogen (secondary N) is 4. The first-order valence-electron chi connectivity index (χ1n) is 12.5. The molecule has 4 N–H and O–H groups in total. The summed E-state index contributed by atoms with van der Waals surface area (Å²) in [6.07, 6.45) is -1.74. The minimum atomic E-state index is -5.18. The summed E-state index contributed by atoms with van der Waals surface area (Å²) >= 11 is 0. The van der Waals surface area contributed by atoms with Gasteiger partial charge in [-0.25, -0.2) is 0 Å². The van der Waals surface area contributed by atoms with Crippen LogP contribution in [0.1, 0.15) is 52.9 Å². The van der Waals surface area contributed by atoms with Crippen LogP contribution in [-0.4, -0.2) is 61.5 Å². The monoisotopic (exact) mass is 545 g/mol. The van der Waals surface area contributed by atoms with E-state index in [0.717, 1.165) is 19.3 Å². The SMILES string of the molecule is CC(C)(C)[C@H](NC(=O)C(F)(F)F)C(=O)N[C@@H](C[Si](C)(C)C)C(=O)N[C@H](C#N)C[C@@H]1CCC2(CC2)NC1=O. The normalized spacial score (nSPS) is 21.6. The minimum absolute atomic E-state index is 0.100. The smallest absolute Gasteiger partial charge is 0.350 e. The molecule has 2 aliphatic rings. The lowest BCUT2D eigenvalue weighted by Gasteiger charge is -2.33. The van der Waals surface area contributed by atoms with E-state index in [0.29, 0.717) is 6.42 Å². The van der Waals surface area contributed by atoms with Crippen LogP contribution in [0.3, 0.4) is 0 Å². The molecule has 0 aromatic rings. The van der Waals surface area contributed by atoms with Gasteiger partial charge >= 0.3 is 12.1 Å². The fraction of sp³-hybridized carbons (Fsp3) is 0.792. The Balaban J connectivity index is 2.13. The number of carbonyl (C=O) groups excluding carboxylic acids is 4. The highest BCUT2D eigenvalue weighted by atomic mass is 28.3. The molecule has 1 aliphatic carbocycles. The van der Waals surface area contributed by atoms with Crippen LogP contribution in [0, 0.1) is 22.7 Å². The number of carbonyl (C=O) groups is 4. The fourth-order valence-electron chi connectivity index (χ4n) is 4.42. The van der Waals surface area contributed by atoms with E-state index >= 15 is 0 Å². The average Bonchev–Trinajstić information content (AvgIpc) is 3.48. The third kappa shape index (κ3) is 9.01. The molecule has 0 unspecified atom stereocenters. The Morgan fingerprint density at radius 1 is 1.08 bits per heavy atom. The van der Waals surface area contributed by atoms with Gasteiger partial charge in [0.15, 0.2) is 0 Å². The van der Waals surface area contributed by atoms with Gasteiger partial charge in [-0.1, -0.05) is 40.4 Å². The van der Waals surface area contributed by atoms with Crippen molar-refractivity contribution < 1.29 is 32.3 Å². The van der Waals surface area contributed by atoms with Crippen LogP contribution in [0.15, 0.2) is 0 Å². The van der Waals surface area contributed by atoms with Crippen LogP contribution in [0.4, 0.5) is 13.2 Å². The van der Waals surface area contributed by atoms with Crippen molar-refractivity contribution in [1.29, 1.82) is 5.26 Å². The van der Waals surface area contributed by atoms with Crippen molar-refractivity contribution in [3.63, 3.8) is 0 Å². The Morgan fingerprint density at radius 3 is 2.11 bits per heavy atom. The van der Waals surface area contributed by atoms with Crippen LogP contribution in [-0.2, 0) is 19.2 Å². The molecular formula is C24H38F3N5O4Si. The van der Waals surface area contributed by atoms with Gasteiger partial charge in [-0.15, -0.1) is 0 Å². The zero-order chi connectivity index (χ0) is 28.4. The Bertz CT molecular complexity index is 948. The maximum Gasteiger partial charge on any atom is 0.471 e. The molecule has 208 valence electrons. The van der Waals surface area contributed by atoms with Gasteiger partial charge in [0.1, 0.15) is 18.1 Å². The molecule has 9 nitrogen and oxygen atoms in total. The predicted octanol–water partition coefficient (Wildman–Crippen LogP) is 2.36. The van der Waals surface area contributed by atoms with Gasteiger partial charge in [-0.2, -0.15) is 18.4 Å². The van der Waals surface area contributed by atoms with Crippen LogP contribution in [0.2, 0.25) is 25.7 Å². The number of nitrogens with zero attached hydrogens (tertiary/aromatic N) is 1. The standard InChI is InChI=1S/C24H38F3N5O4Si/c1-22(2,3)17(31-21(36)24(25,26)27)20(35)30-16(13-37(4,5)6)19(34)29-15(12-28)11-14-7-8-23(9-10-23)32-18(14)33/h14-17H,7-11,13H2,1-6H3,(H,29,34)(H,30,35)(H,31,36)(H,32,33)/t14-,15-,16-,17+/m0/s1. The van der Waals surface area contributed by atoms with E-state index in [2.05, 4.69) is 16.0 Å². The highest BCUT2D eigenvalue weighted by Gasteiger charge is 2.48. The van der Waals surface area contributed by atoms with E-state index in [-0.39, 0.29) is 23.9 Å². The molecule has 2 rings (SSSR count). The molecule has 1 spiro atoms. The largest absolute Gasteiger partial charge is 0.471 e. The summed E-state index contributed by atoms with van der Waals surface area (Å²) in [5.41, 5.74) is -1.19. The zero-order valence-corrected chi connectivity index (χ0v) is 23.3. The average molecular weight is 546 g/mol. The molecule has 1 saturated heterocycles. The molecule has 4 amide bonds. The number of piperidine rings is 1. The number of alkyl halides is 3. The van der Waals surface area contributed by atoms with Crippen LogP contribution in [0.25, 0.3) is 0 Å². The van der Waals surface area contributed by atoms with Gasteiger partial charge in [-0.3, -0.25) is 19.2 Å². The Kier molecular flexibility index (Phi) is 9.10. The van der Waals surface area contributed by atoms with Crippen LogP contribution >= 0.6 is 0 Å². The van der Waals surface area contributed by atoms with Crippen LogP contribution in [0.5, 0.6) is 0 Å². The first-order chi connectivity index (χ1) is 16.8. The molecule has 0 aromatic heterocycles. The first kappa shape index (κ1) is 30.6. The van der Waals surface area contributed by atoms with Gasteiger partial charge in [0.2, 0.25) is 17.7 Å². The maximum atomic E-state index is 13.2. The third-order valence-corrected chi connectivity index (χ3v) is 8.32. The second kappa shape index (κ2) is 11.0. The Hall–Kier alpha value is -2.62. The molecule has 1 aliphatic heterocycles. The van der Waals surface area contributed by atoms with Gasteiger partial charge < -0.3 is 21.3 Å². The number of rotatable bonds is 9. The lowest BCUT2D eigenvalue weighted by molar-refractivity contribution is -0.175. The van der Waals surface area contributed by atoms with Crippen LogP contribution < -0.4 is 21.3 Å². The second-order valence-electron chi connectivity index (χ2n) is 12.5. The lowest BCUT2D eigenvalue weighted by Crippen LogP contribution is -2.60. The van der Waals surface area contributed by atoms with Gasteiger partial charge in [0.25, 0.3) is 0 Å². The second-order valence-corrected chi connectivity index (χ2v) is 18.1. The van der Waals surface area contributed by atoms with Crippen molar-refractivity contribution in [2.24, 2.45) is 11.3 Å². The van der Waals surface area contributed by atoms with Crippen molar-refractivity contribution in [3.05, 3.63) is 0 Å². The highest BCUT2D eigenvalue weighted by Crippen LogP contribution is 2.44. The van der Waals surface area contributed by atoms with E-state index in [4.69, 9.17) is 0 Å². The number of hydrogen-bond donors (Lipinski definition) is 4. The summed E-state index contributed by atoms with van der Waals surface area (Å²) in [4.78, 5) is 50.3. The molecule has 1 heterocycles. The Morgan fingerprint density at radius 2 is 1.68 bits per heavy atom. The molecular weight excluding hydrogens is 507 g/mol. The summed E-state index contributed by atoms with van der Waals surface area (Å²) in [5.74, 6) is -4.41. The quantitative estimate of drug-likeness (QED) is 0.329. The van der Waals surface area contributed by atoms with Crippen molar-refractivity contribution in [1.82, 2.24) is 21.3 Å². The number of halogens is 3. The van der Waals surface area contributed by atoms with E-state index in [9.17, 15) is 37.6 Å². The molecule has 4 atom stereocenters. The number of amides is 4. The third-order valence-electron chi connectivity index (χ3n) is 6.69. The minimum Gasteiger partial charge on any atom is -0.350 e. The summed E-state index contributed by atoms with van der Waals surface area (Å²) in [7, 11) is -2.01. The van der Waals surface area contributed by atoms with Gasteiger partial charge in [0, 0.05) is 19.5 Å². The van der Waals surface area contributed by atoms with Crippen molar-refractivity contribution >= 4 is 31.7 Å². The molecule has 0 aromatic carbocycles. The number of nitriles is 1. The number of hydrogen-bond acceptors (Lipinski definition) is 5. The Labute approximate surface area is 216 Å². The van der Waals surface area contributed by atoms with Crippen molar-refractivity contribution in [2.75, 3.05) is 0 Å². The van der Waals surface area contributed by atoms with E-state index in [1.165, 1.54) is 20.8 Å². The highest BCUT2D eigenvalue weighted by molar-refractivity contribution is 6.76. The fourth-order valence-corrected chi connectivity index (χ4v) is 5.94. The van der Waals surface area contributed by atoms with E-state index in [1.807, 2.05) is 25.7 Å². The van der Waals surface area contributed by atoms with E-state index < -0.39 is 61.4 Å². The van der Waals surface area contributed by atoms with Gasteiger partial charge in [-0.05, 0) is 43.6 Å². The molecule has 37 heavy (non-hydrogen) atoms. The summed E-state index contributed by atoms with van der Waals surface area (Å²) in [5, 5.41) is 19.5. The lowest BCUT2D eigenvalue weighted by atomic mass is 9.86. The first-order valence-corrected chi connectivity index (χ1v) is 16.2. The molecule has 1 saturated carbocycles. The zero-order valence-electron chi connectivity index (χ0n) is 22.3. The molecule has 0 bridgehead atoms. The van der Waals surface area contributed by atoms with Gasteiger partial charge in [0.05, 0.1) is 6.07 Å². The predicted molar refractivity (Wildman–Crippen MR) is 133 cm³/mol. The summed E-state index contributed by atoms with van der Waals surface area (Å²) in [6.45, 7) is 10.3. The summed E-state index contributed by atoms with van der Waals surface area (Å²) < 4.78 is 38.6. The molecule has 0 radical (unpaired) electrons. The van der Waals surface area contributed by atoms with Crippen molar-refractivity contribution in [3.8, 4) is 6.07 Å². The van der Waals surface area contributed by atoms with E-state index in [1.54, 1.807) is 5.32 Å². The van der Waals surface area contributed by atoms with Crippen molar-refractivity contribution in [2.45, 2.75) is 108 Å². The maximum absolute atomic E-state index is 13.2. The molecule has 2 fully saturated rings. The summed E-state index contributed by atoms with van der Waals surface area (Å²) in [6, 6.07) is -1.42. The topological polar surface area (TPSA) is 140 Å². The molecule has 13 heteroatoms.